The van der Waals surface area contributed by atoms with Crippen LogP contribution in [0.25, 0.3) is 17.1 Å². The van der Waals surface area contributed by atoms with Crippen LogP contribution >= 0.6 is 0 Å². The molecule has 4 heterocycles. The molecule has 0 spiro atoms. The zero-order chi connectivity index (χ0) is 30.8. The first-order chi connectivity index (χ1) is 21.3. The number of hydrogen-bond acceptors (Lipinski definition) is 7. The Hall–Kier alpha value is -4.21. The highest BCUT2D eigenvalue weighted by Crippen LogP contribution is 2.34. The molecular weight excluding hydrogens is 556 g/mol. The van der Waals surface area contributed by atoms with E-state index >= 15 is 0 Å². The Morgan fingerprint density at radius 1 is 1.09 bits per heavy atom. The quantitative estimate of drug-likeness (QED) is 0.246. The standard InChI is InChI=1S/C35H40N4O5/c1-22(2)44-34-29(35(40)41)19-36-39(34)32-10-6-9-31(37-32)28-8-5-7-23(3)33(28)43-21-25-17-24(4)30-20-38(14-11-26(30)18-25)27-12-15-42-16-13-27/h5-10,17-19,22,27H,11-16,20-21H2,1-4H3,(H,40,41). The van der Waals surface area contributed by atoms with Gasteiger partial charge >= 0.3 is 5.97 Å². The fourth-order valence-electron chi connectivity index (χ4n) is 6.29. The number of benzene rings is 2. The average molecular weight is 597 g/mol. The third-order valence-corrected chi connectivity index (χ3v) is 8.49. The van der Waals surface area contributed by atoms with Crippen molar-refractivity contribution in [2.24, 2.45) is 0 Å². The van der Waals surface area contributed by atoms with Gasteiger partial charge in [0.05, 0.1) is 18.0 Å². The summed E-state index contributed by atoms with van der Waals surface area (Å²) in [7, 11) is 0. The number of aromatic carboxylic acids is 1. The van der Waals surface area contributed by atoms with Gasteiger partial charge in [-0.3, -0.25) is 4.90 Å². The van der Waals surface area contributed by atoms with Crippen LogP contribution in [0.15, 0.2) is 54.7 Å². The van der Waals surface area contributed by atoms with Crippen molar-refractivity contribution in [1.82, 2.24) is 19.7 Å². The summed E-state index contributed by atoms with van der Waals surface area (Å²) in [4.78, 5) is 19.3. The number of ether oxygens (including phenoxy) is 3. The van der Waals surface area contributed by atoms with Crippen molar-refractivity contribution in [1.29, 1.82) is 0 Å². The Balaban J connectivity index is 1.24. The van der Waals surface area contributed by atoms with Gasteiger partial charge in [-0.25, -0.2) is 9.78 Å². The molecule has 6 rings (SSSR count). The van der Waals surface area contributed by atoms with E-state index in [0.29, 0.717) is 24.2 Å². The highest BCUT2D eigenvalue weighted by molar-refractivity contribution is 5.90. The largest absolute Gasteiger partial charge is 0.488 e. The van der Waals surface area contributed by atoms with Gasteiger partial charge in [-0.2, -0.15) is 9.78 Å². The number of aromatic nitrogens is 3. The Labute approximate surface area is 258 Å². The number of rotatable bonds is 9. The Bertz CT molecular complexity index is 1660. The third kappa shape index (κ3) is 6.21. The molecule has 9 nitrogen and oxygen atoms in total. The zero-order valence-electron chi connectivity index (χ0n) is 25.9. The Kier molecular flexibility index (Phi) is 8.68. The lowest BCUT2D eigenvalue weighted by Crippen LogP contribution is -2.42. The molecule has 0 atom stereocenters. The zero-order valence-corrected chi connectivity index (χ0v) is 25.9. The predicted molar refractivity (Wildman–Crippen MR) is 168 cm³/mol. The number of nitrogens with zero attached hydrogens (tertiary/aromatic N) is 4. The first-order valence-electron chi connectivity index (χ1n) is 15.4. The minimum absolute atomic E-state index is 0.0119. The van der Waals surface area contributed by atoms with Gasteiger partial charge in [-0.15, -0.1) is 0 Å². The molecule has 0 aliphatic carbocycles. The van der Waals surface area contributed by atoms with Crippen molar-refractivity contribution in [2.75, 3.05) is 19.8 Å². The predicted octanol–water partition coefficient (Wildman–Crippen LogP) is 6.15. The third-order valence-electron chi connectivity index (χ3n) is 8.49. The van der Waals surface area contributed by atoms with Crippen molar-refractivity contribution in [3.8, 4) is 28.7 Å². The van der Waals surface area contributed by atoms with E-state index in [-0.39, 0.29) is 17.5 Å². The molecule has 0 amide bonds. The number of para-hydroxylation sites is 1. The summed E-state index contributed by atoms with van der Waals surface area (Å²) in [6.45, 7) is 12.2. The van der Waals surface area contributed by atoms with E-state index < -0.39 is 5.97 Å². The summed E-state index contributed by atoms with van der Waals surface area (Å²) < 4.78 is 19.4. The lowest BCUT2D eigenvalue weighted by molar-refractivity contribution is 0.0289. The Morgan fingerprint density at radius 3 is 2.66 bits per heavy atom. The number of hydrogen-bond donors (Lipinski definition) is 1. The van der Waals surface area contributed by atoms with Crippen molar-refractivity contribution in [3.05, 3.63) is 88.1 Å². The number of carbonyl (C=O) groups is 1. The number of aryl methyl sites for hydroxylation is 2. The van der Waals surface area contributed by atoms with Gasteiger partial charge in [-0.05, 0) is 93.0 Å². The molecule has 1 saturated heterocycles. The van der Waals surface area contributed by atoms with Gasteiger partial charge < -0.3 is 19.3 Å². The molecule has 0 unspecified atom stereocenters. The van der Waals surface area contributed by atoms with Crippen molar-refractivity contribution in [2.45, 2.75) is 72.3 Å². The summed E-state index contributed by atoms with van der Waals surface area (Å²) >= 11 is 0. The smallest absolute Gasteiger partial charge is 0.342 e. The second-order valence-electron chi connectivity index (χ2n) is 12.0. The van der Waals surface area contributed by atoms with Crippen molar-refractivity contribution >= 4 is 5.97 Å². The molecule has 230 valence electrons. The number of fused-ring (bicyclic) bond motifs is 1. The molecule has 1 N–H and O–H groups in total. The van der Waals surface area contributed by atoms with Gasteiger partial charge in [0.25, 0.3) is 0 Å². The average Bonchev–Trinajstić information content (AvgIpc) is 3.44. The second-order valence-corrected chi connectivity index (χ2v) is 12.0. The van der Waals surface area contributed by atoms with Crippen LogP contribution in [-0.2, 0) is 24.3 Å². The normalized spacial score (nSPS) is 15.8. The van der Waals surface area contributed by atoms with Crippen LogP contribution in [0.4, 0.5) is 0 Å². The van der Waals surface area contributed by atoms with E-state index in [9.17, 15) is 9.90 Å². The van der Waals surface area contributed by atoms with Crippen LogP contribution in [0.3, 0.4) is 0 Å². The number of pyridine rings is 1. The van der Waals surface area contributed by atoms with Gasteiger partial charge in [0.1, 0.15) is 17.9 Å². The molecule has 44 heavy (non-hydrogen) atoms. The summed E-state index contributed by atoms with van der Waals surface area (Å²) in [6.07, 6.45) is 4.34. The lowest BCUT2D eigenvalue weighted by atomic mass is 9.91. The van der Waals surface area contributed by atoms with E-state index in [1.165, 1.54) is 27.6 Å². The highest BCUT2D eigenvalue weighted by Gasteiger charge is 2.27. The van der Waals surface area contributed by atoms with Crippen LogP contribution in [0.5, 0.6) is 11.6 Å². The fraction of sp³-hybridized carbons (Fsp3) is 0.400. The maximum absolute atomic E-state index is 11.8. The van der Waals surface area contributed by atoms with Crippen LogP contribution in [0.2, 0.25) is 0 Å². The van der Waals surface area contributed by atoms with Crippen LogP contribution in [0.1, 0.15) is 64.9 Å². The maximum atomic E-state index is 11.8. The van der Waals surface area contributed by atoms with E-state index in [0.717, 1.165) is 68.0 Å². The molecule has 2 aromatic heterocycles. The van der Waals surface area contributed by atoms with Gasteiger partial charge in [0.15, 0.2) is 5.82 Å². The van der Waals surface area contributed by atoms with Gasteiger partial charge in [0.2, 0.25) is 5.88 Å². The van der Waals surface area contributed by atoms with Gasteiger partial charge in [0, 0.05) is 37.9 Å². The molecule has 0 radical (unpaired) electrons. The van der Waals surface area contributed by atoms with Gasteiger partial charge in [-0.1, -0.05) is 30.3 Å². The van der Waals surface area contributed by atoms with Crippen molar-refractivity contribution < 1.29 is 24.1 Å². The SMILES string of the molecule is Cc1cc(COc2c(C)cccc2-c2cccc(-n3ncc(C(=O)O)c3OC(C)C)n2)cc2c1CN(C1CCOCC1)CC2. The van der Waals surface area contributed by atoms with E-state index in [1.54, 1.807) is 6.07 Å². The van der Waals surface area contributed by atoms with E-state index in [2.05, 4.69) is 29.1 Å². The Morgan fingerprint density at radius 2 is 1.89 bits per heavy atom. The summed E-state index contributed by atoms with van der Waals surface area (Å²) in [5.41, 5.74) is 7.89. The minimum atomic E-state index is -1.11. The van der Waals surface area contributed by atoms with E-state index in [4.69, 9.17) is 19.2 Å². The van der Waals surface area contributed by atoms with Crippen LogP contribution in [0, 0.1) is 13.8 Å². The maximum Gasteiger partial charge on any atom is 0.342 e. The van der Waals surface area contributed by atoms with Crippen LogP contribution < -0.4 is 9.47 Å². The highest BCUT2D eigenvalue weighted by atomic mass is 16.5. The molecule has 1 fully saturated rings. The molecule has 2 aliphatic rings. The number of carboxylic acids is 1. The monoisotopic (exact) mass is 596 g/mol. The molecule has 2 aromatic carbocycles. The van der Waals surface area contributed by atoms with Crippen LogP contribution in [-0.4, -0.2) is 62.6 Å². The molecule has 2 aliphatic heterocycles. The second kappa shape index (κ2) is 12.8. The topological polar surface area (TPSA) is 98.9 Å². The summed E-state index contributed by atoms with van der Waals surface area (Å²) in [5, 5.41) is 14.0. The summed E-state index contributed by atoms with van der Waals surface area (Å²) in [6, 6.07) is 16.8. The number of carboxylic acid groups (broad SMARTS) is 1. The van der Waals surface area contributed by atoms with E-state index in [1.807, 2.05) is 51.1 Å². The molecule has 0 bridgehead atoms. The molecular formula is C35H40N4O5. The first kappa shape index (κ1) is 29.8. The van der Waals surface area contributed by atoms with Crippen molar-refractivity contribution in [3.63, 3.8) is 0 Å². The minimum Gasteiger partial charge on any atom is -0.488 e. The summed E-state index contributed by atoms with van der Waals surface area (Å²) in [5.74, 6) is 0.268. The fourth-order valence-corrected chi connectivity index (χ4v) is 6.29. The lowest BCUT2D eigenvalue weighted by Gasteiger charge is -2.38. The first-order valence-corrected chi connectivity index (χ1v) is 15.4. The molecule has 4 aromatic rings. The molecule has 0 saturated carbocycles. The molecule has 9 heteroatoms.